The molecule has 1 aromatic heterocycles. The summed E-state index contributed by atoms with van der Waals surface area (Å²) in [6, 6.07) is 8.42. The van der Waals surface area contributed by atoms with Gasteiger partial charge in [0, 0.05) is 30.2 Å². The molecule has 1 aromatic carbocycles. The van der Waals surface area contributed by atoms with Crippen LogP contribution in [0.25, 0.3) is 10.9 Å². The molecule has 17 heavy (non-hydrogen) atoms. The number of nitrogens with one attached hydrogen (secondary N) is 1. The molecule has 0 aliphatic rings. The predicted octanol–water partition coefficient (Wildman–Crippen LogP) is 2.19. The molecule has 0 amide bonds. The van der Waals surface area contributed by atoms with Crippen LogP contribution in [0.2, 0.25) is 0 Å². The third kappa shape index (κ3) is 2.87. The molecule has 1 atom stereocenters. The number of aromatic nitrogens is 1. The number of H-pyrrole nitrogens is 1. The van der Waals surface area contributed by atoms with Gasteiger partial charge in [-0.15, -0.1) is 0 Å². The van der Waals surface area contributed by atoms with Crippen LogP contribution in [0.15, 0.2) is 30.5 Å². The third-order valence-corrected chi connectivity index (χ3v) is 3.14. The first-order valence-corrected chi connectivity index (χ1v) is 6.14. The zero-order valence-electron chi connectivity index (χ0n) is 10.6. The molecule has 0 spiro atoms. The van der Waals surface area contributed by atoms with Gasteiger partial charge in [0.05, 0.1) is 0 Å². The Morgan fingerprint density at radius 3 is 2.88 bits per heavy atom. The van der Waals surface area contributed by atoms with Gasteiger partial charge in [0.1, 0.15) is 0 Å². The van der Waals surface area contributed by atoms with Crippen LogP contribution in [0.3, 0.4) is 0 Å². The maximum absolute atomic E-state index is 5.65. The van der Waals surface area contributed by atoms with E-state index in [9.17, 15) is 0 Å². The number of hydrogen-bond acceptors (Lipinski definition) is 2. The Balaban J connectivity index is 2.08. The quantitative estimate of drug-likeness (QED) is 0.828. The molecule has 2 rings (SSSR count). The van der Waals surface area contributed by atoms with Crippen LogP contribution in [-0.2, 0) is 6.54 Å². The Morgan fingerprint density at radius 2 is 2.12 bits per heavy atom. The summed E-state index contributed by atoms with van der Waals surface area (Å²) in [4.78, 5) is 5.64. The molecule has 0 saturated carbocycles. The molecule has 0 aliphatic carbocycles. The Labute approximate surface area is 103 Å². The summed E-state index contributed by atoms with van der Waals surface area (Å²) in [5, 5.41) is 1.32. The molecule has 3 nitrogen and oxygen atoms in total. The van der Waals surface area contributed by atoms with Crippen LogP contribution in [0, 0.1) is 5.92 Å². The first kappa shape index (κ1) is 12.1. The van der Waals surface area contributed by atoms with Gasteiger partial charge < -0.3 is 15.6 Å². The largest absolute Gasteiger partial charge is 0.361 e. The molecule has 1 unspecified atom stereocenters. The van der Waals surface area contributed by atoms with E-state index in [1.165, 1.54) is 16.5 Å². The minimum Gasteiger partial charge on any atom is -0.361 e. The van der Waals surface area contributed by atoms with Gasteiger partial charge in [0.2, 0.25) is 0 Å². The van der Waals surface area contributed by atoms with Gasteiger partial charge in [-0.1, -0.05) is 25.1 Å². The van der Waals surface area contributed by atoms with Crippen molar-refractivity contribution in [2.75, 3.05) is 20.1 Å². The Morgan fingerprint density at radius 1 is 1.35 bits per heavy atom. The smallest absolute Gasteiger partial charge is 0.0457 e. The van der Waals surface area contributed by atoms with E-state index in [2.05, 4.69) is 54.3 Å². The van der Waals surface area contributed by atoms with Crippen molar-refractivity contribution in [3.8, 4) is 0 Å². The van der Waals surface area contributed by atoms with Crippen molar-refractivity contribution >= 4 is 10.9 Å². The lowest BCUT2D eigenvalue weighted by molar-refractivity contribution is 0.283. The predicted molar refractivity (Wildman–Crippen MR) is 72.9 cm³/mol. The number of para-hydroxylation sites is 1. The fraction of sp³-hybridized carbons (Fsp3) is 0.429. The highest BCUT2D eigenvalue weighted by atomic mass is 15.1. The van der Waals surface area contributed by atoms with Crippen LogP contribution in [0.1, 0.15) is 12.5 Å². The maximum atomic E-state index is 5.65. The third-order valence-electron chi connectivity index (χ3n) is 3.14. The average molecular weight is 231 g/mol. The van der Waals surface area contributed by atoms with Gasteiger partial charge in [-0.25, -0.2) is 0 Å². The van der Waals surface area contributed by atoms with Gasteiger partial charge in [-0.2, -0.15) is 0 Å². The van der Waals surface area contributed by atoms with Crippen LogP contribution in [-0.4, -0.2) is 30.0 Å². The second-order valence-electron chi connectivity index (χ2n) is 4.90. The zero-order chi connectivity index (χ0) is 12.3. The number of fused-ring (bicyclic) bond motifs is 1. The minimum absolute atomic E-state index is 0.546. The topological polar surface area (TPSA) is 45.0 Å². The molecule has 3 N–H and O–H groups in total. The first-order valence-electron chi connectivity index (χ1n) is 6.14. The number of nitrogens with two attached hydrogens (primary N) is 1. The van der Waals surface area contributed by atoms with Gasteiger partial charge in [0.15, 0.2) is 0 Å². The number of aromatic amines is 1. The SMILES string of the molecule is CC(CN)CN(C)Cc1c[nH]c2ccccc12. The van der Waals surface area contributed by atoms with Crippen molar-refractivity contribution in [3.05, 3.63) is 36.0 Å². The lowest BCUT2D eigenvalue weighted by atomic mass is 10.1. The normalized spacial score (nSPS) is 13.4. The molecule has 0 saturated heterocycles. The van der Waals surface area contributed by atoms with E-state index in [-0.39, 0.29) is 0 Å². The Bertz CT molecular complexity index is 475. The number of benzene rings is 1. The number of rotatable bonds is 5. The highest BCUT2D eigenvalue weighted by Gasteiger charge is 2.08. The van der Waals surface area contributed by atoms with Crippen molar-refractivity contribution < 1.29 is 0 Å². The van der Waals surface area contributed by atoms with E-state index < -0.39 is 0 Å². The van der Waals surface area contributed by atoms with Crippen LogP contribution in [0.4, 0.5) is 0 Å². The molecule has 92 valence electrons. The maximum Gasteiger partial charge on any atom is 0.0457 e. The van der Waals surface area contributed by atoms with Crippen molar-refractivity contribution in [1.82, 2.24) is 9.88 Å². The highest BCUT2D eigenvalue weighted by Crippen LogP contribution is 2.19. The molecular formula is C14H21N3. The highest BCUT2D eigenvalue weighted by molar-refractivity contribution is 5.82. The van der Waals surface area contributed by atoms with E-state index in [4.69, 9.17) is 5.73 Å². The van der Waals surface area contributed by atoms with Crippen molar-refractivity contribution in [1.29, 1.82) is 0 Å². The summed E-state index contributed by atoms with van der Waals surface area (Å²) in [6.45, 7) is 4.94. The molecule has 0 fully saturated rings. The molecule has 0 aliphatic heterocycles. The Hall–Kier alpha value is -1.32. The summed E-state index contributed by atoms with van der Waals surface area (Å²) < 4.78 is 0. The molecule has 3 heteroatoms. The summed E-state index contributed by atoms with van der Waals surface area (Å²) in [6.07, 6.45) is 2.11. The monoisotopic (exact) mass is 231 g/mol. The minimum atomic E-state index is 0.546. The van der Waals surface area contributed by atoms with Gasteiger partial charge in [-0.05, 0) is 31.1 Å². The lowest BCUT2D eigenvalue weighted by Gasteiger charge is -2.19. The summed E-state index contributed by atoms with van der Waals surface area (Å²) in [5.41, 5.74) is 8.22. The van der Waals surface area contributed by atoms with Crippen molar-refractivity contribution in [2.24, 2.45) is 11.7 Å². The molecule has 2 aromatic rings. The number of hydrogen-bond donors (Lipinski definition) is 2. The first-order chi connectivity index (χ1) is 8.20. The number of nitrogens with zero attached hydrogens (tertiary/aromatic N) is 1. The van der Waals surface area contributed by atoms with Crippen molar-refractivity contribution in [2.45, 2.75) is 13.5 Å². The Kier molecular flexibility index (Phi) is 3.82. The van der Waals surface area contributed by atoms with E-state index in [1.807, 2.05) is 0 Å². The van der Waals surface area contributed by atoms with Crippen molar-refractivity contribution in [3.63, 3.8) is 0 Å². The summed E-state index contributed by atoms with van der Waals surface area (Å²) >= 11 is 0. The second kappa shape index (κ2) is 5.34. The van der Waals surface area contributed by atoms with E-state index in [0.29, 0.717) is 5.92 Å². The van der Waals surface area contributed by atoms with E-state index >= 15 is 0 Å². The van der Waals surface area contributed by atoms with E-state index in [0.717, 1.165) is 19.6 Å². The standard InChI is InChI=1S/C14H21N3/c1-11(7-15)9-17(2)10-12-8-16-14-6-4-3-5-13(12)14/h3-6,8,11,16H,7,9-10,15H2,1-2H3. The average Bonchev–Trinajstić information content (AvgIpc) is 2.72. The van der Waals surface area contributed by atoms with Gasteiger partial charge in [0.25, 0.3) is 0 Å². The van der Waals surface area contributed by atoms with Crippen LogP contribution < -0.4 is 5.73 Å². The van der Waals surface area contributed by atoms with Gasteiger partial charge >= 0.3 is 0 Å². The summed E-state index contributed by atoms with van der Waals surface area (Å²) in [7, 11) is 2.15. The second-order valence-corrected chi connectivity index (χ2v) is 4.90. The fourth-order valence-corrected chi connectivity index (χ4v) is 2.22. The van der Waals surface area contributed by atoms with Crippen LogP contribution in [0.5, 0.6) is 0 Å². The zero-order valence-corrected chi connectivity index (χ0v) is 10.6. The fourth-order valence-electron chi connectivity index (χ4n) is 2.22. The molecule has 1 heterocycles. The van der Waals surface area contributed by atoms with Crippen LogP contribution >= 0.6 is 0 Å². The lowest BCUT2D eigenvalue weighted by Crippen LogP contribution is -2.27. The molecule has 0 bridgehead atoms. The molecule has 0 radical (unpaired) electrons. The van der Waals surface area contributed by atoms with E-state index in [1.54, 1.807) is 0 Å². The van der Waals surface area contributed by atoms with Gasteiger partial charge in [-0.3, -0.25) is 0 Å². The molecular weight excluding hydrogens is 210 g/mol. The summed E-state index contributed by atoms with van der Waals surface area (Å²) in [5.74, 6) is 0.546.